The quantitative estimate of drug-likeness (QED) is 0.0696. The average molecular weight is 786 g/mol. The van der Waals surface area contributed by atoms with Crippen LogP contribution in [-0.4, -0.2) is 0 Å². The van der Waals surface area contributed by atoms with Gasteiger partial charge in [-0.2, -0.15) is 0 Å². The van der Waals surface area contributed by atoms with E-state index in [2.05, 4.69) is 195 Å². The highest BCUT2D eigenvalue weighted by Gasteiger charge is 2.42. The van der Waals surface area contributed by atoms with Crippen LogP contribution in [0.1, 0.15) is 115 Å². The SMILES string of the molecule is CCCCCCCCC1(CCCCCCCC)c2ccccc2-c2ccc(N(c3ccc(-c4ccccc4)cc3)c3ccc(-c4cccc(-c5ccccc5)c4)cc3)cc21. The molecule has 0 saturated heterocycles. The maximum Gasteiger partial charge on any atom is 0.0465 e. The van der Waals surface area contributed by atoms with Crippen molar-refractivity contribution >= 4 is 17.1 Å². The lowest BCUT2D eigenvalue weighted by Crippen LogP contribution is -2.26. The first-order valence-electron chi connectivity index (χ1n) is 23.1. The third-order valence-corrected chi connectivity index (χ3v) is 13.1. The van der Waals surface area contributed by atoms with Gasteiger partial charge in [0, 0.05) is 22.5 Å². The van der Waals surface area contributed by atoms with Crippen LogP contribution in [0, 0.1) is 0 Å². The summed E-state index contributed by atoms with van der Waals surface area (Å²) in [5.74, 6) is 0. The van der Waals surface area contributed by atoms with E-state index in [1.807, 2.05) is 0 Å². The van der Waals surface area contributed by atoms with E-state index in [0.29, 0.717) is 0 Å². The number of anilines is 3. The number of hydrogen-bond acceptors (Lipinski definition) is 1. The largest absolute Gasteiger partial charge is 0.310 e. The molecule has 0 saturated carbocycles. The monoisotopic (exact) mass is 785 g/mol. The van der Waals surface area contributed by atoms with Crippen LogP contribution in [0.2, 0.25) is 0 Å². The zero-order valence-electron chi connectivity index (χ0n) is 36.1. The molecule has 7 aromatic carbocycles. The molecule has 0 aliphatic heterocycles. The molecule has 0 heterocycles. The highest BCUT2D eigenvalue weighted by atomic mass is 15.1. The molecule has 0 radical (unpaired) electrons. The smallest absolute Gasteiger partial charge is 0.0465 e. The number of unbranched alkanes of at least 4 members (excludes halogenated alkanes) is 10. The van der Waals surface area contributed by atoms with Crippen LogP contribution in [-0.2, 0) is 5.41 Å². The summed E-state index contributed by atoms with van der Waals surface area (Å²) in [6, 6.07) is 65.6. The molecule has 60 heavy (non-hydrogen) atoms. The van der Waals surface area contributed by atoms with Crippen molar-refractivity contribution in [3.63, 3.8) is 0 Å². The Balaban J connectivity index is 1.19. The maximum absolute atomic E-state index is 2.59. The maximum atomic E-state index is 2.59. The number of benzene rings is 7. The molecule has 7 aromatic rings. The standard InChI is InChI=1S/C59H63N/c1-3-5-7-9-11-21-42-59(43-22-12-10-8-6-4-2)57-31-20-19-30-55(57)56-41-40-54(45-58(56)59)60(52-36-32-48(33-37-52)46-24-15-13-16-25-46)53-38-34-49(35-39-53)51-29-23-28-50(44-51)47-26-17-14-18-27-47/h13-20,23-41,44-45H,3-12,21-22,42-43H2,1-2H3. The Hall–Kier alpha value is -5.66. The molecule has 0 amide bonds. The molecule has 8 rings (SSSR count). The van der Waals surface area contributed by atoms with Gasteiger partial charge in [0.2, 0.25) is 0 Å². The van der Waals surface area contributed by atoms with Crippen LogP contribution >= 0.6 is 0 Å². The second-order valence-electron chi connectivity index (χ2n) is 17.1. The number of nitrogens with zero attached hydrogens (tertiary/aromatic N) is 1. The van der Waals surface area contributed by atoms with Crippen molar-refractivity contribution in [3.05, 3.63) is 187 Å². The predicted octanol–water partition coefficient (Wildman–Crippen LogP) is 17.9. The molecule has 1 nitrogen and oxygen atoms in total. The number of fused-ring (bicyclic) bond motifs is 3. The van der Waals surface area contributed by atoms with Crippen molar-refractivity contribution < 1.29 is 0 Å². The normalized spacial score (nSPS) is 12.6. The van der Waals surface area contributed by atoms with Crippen LogP contribution in [0.5, 0.6) is 0 Å². The molecule has 0 unspecified atom stereocenters. The van der Waals surface area contributed by atoms with Gasteiger partial charge in [0.05, 0.1) is 0 Å². The van der Waals surface area contributed by atoms with E-state index in [0.717, 1.165) is 0 Å². The zero-order valence-corrected chi connectivity index (χ0v) is 36.1. The summed E-state index contributed by atoms with van der Waals surface area (Å²) in [5, 5.41) is 0. The predicted molar refractivity (Wildman–Crippen MR) is 260 cm³/mol. The van der Waals surface area contributed by atoms with Gasteiger partial charge in [-0.1, -0.05) is 224 Å². The molecule has 1 heteroatoms. The lowest BCUT2D eigenvalue weighted by atomic mass is 9.70. The van der Waals surface area contributed by atoms with E-state index >= 15 is 0 Å². The van der Waals surface area contributed by atoms with Crippen molar-refractivity contribution in [3.8, 4) is 44.5 Å². The molecule has 304 valence electrons. The van der Waals surface area contributed by atoms with Crippen LogP contribution in [0.15, 0.2) is 176 Å². The minimum Gasteiger partial charge on any atom is -0.310 e. The Bertz CT molecular complexity index is 2370. The molecule has 0 bridgehead atoms. The van der Waals surface area contributed by atoms with Gasteiger partial charge in [0.25, 0.3) is 0 Å². The first-order chi connectivity index (χ1) is 29.7. The van der Waals surface area contributed by atoms with Crippen LogP contribution in [0.4, 0.5) is 17.1 Å². The van der Waals surface area contributed by atoms with E-state index in [9.17, 15) is 0 Å². The second kappa shape index (κ2) is 20.1. The number of rotatable bonds is 20. The molecule has 0 fully saturated rings. The van der Waals surface area contributed by atoms with Gasteiger partial charge < -0.3 is 4.90 Å². The molecule has 0 spiro atoms. The van der Waals surface area contributed by atoms with E-state index < -0.39 is 0 Å². The van der Waals surface area contributed by atoms with Crippen LogP contribution in [0.25, 0.3) is 44.5 Å². The van der Waals surface area contributed by atoms with Crippen molar-refractivity contribution in [1.82, 2.24) is 0 Å². The Morgan fingerprint density at radius 3 is 1.30 bits per heavy atom. The molecule has 1 aliphatic rings. The Morgan fingerprint density at radius 2 is 0.733 bits per heavy atom. The molecular formula is C59H63N. The van der Waals surface area contributed by atoms with Gasteiger partial charge in [0.15, 0.2) is 0 Å². The summed E-state index contributed by atoms with van der Waals surface area (Å²) in [6.07, 6.45) is 18.3. The van der Waals surface area contributed by atoms with E-state index in [4.69, 9.17) is 0 Å². The Labute approximate surface area is 361 Å². The summed E-state index contributed by atoms with van der Waals surface area (Å²) in [7, 11) is 0. The molecule has 0 atom stereocenters. The zero-order chi connectivity index (χ0) is 41.0. The fourth-order valence-corrected chi connectivity index (χ4v) is 9.85. The van der Waals surface area contributed by atoms with Crippen molar-refractivity contribution in [2.45, 2.75) is 109 Å². The van der Waals surface area contributed by atoms with Gasteiger partial charge in [-0.05, 0) is 111 Å². The summed E-state index contributed by atoms with van der Waals surface area (Å²) < 4.78 is 0. The van der Waals surface area contributed by atoms with E-state index in [1.54, 1.807) is 5.56 Å². The van der Waals surface area contributed by atoms with Gasteiger partial charge in [-0.25, -0.2) is 0 Å². The van der Waals surface area contributed by atoms with Crippen LogP contribution < -0.4 is 4.90 Å². The van der Waals surface area contributed by atoms with Gasteiger partial charge in [-0.3, -0.25) is 0 Å². The summed E-state index contributed by atoms with van der Waals surface area (Å²) in [4.78, 5) is 2.49. The van der Waals surface area contributed by atoms with Gasteiger partial charge in [-0.15, -0.1) is 0 Å². The van der Waals surface area contributed by atoms with Crippen molar-refractivity contribution in [2.75, 3.05) is 4.90 Å². The minimum absolute atomic E-state index is 0.0217. The highest BCUT2D eigenvalue weighted by molar-refractivity contribution is 5.87. The topological polar surface area (TPSA) is 3.24 Å². The minimum atomic E-state index is 0.0217. The lowest BCUT2D eigenvalue weighted by molar-refractivity contribution is 0.398. The Morgan fingerprint density at radius 1 is 0.317 bits per heavy atom. The third kappa shape index (κ3) is 9.22. The summed E-state index contributed by atoms with van der Waals surface area (Å²) in [6.45, 7) is 4.64. The fourth-order valence-electron chi connectivity index (χ4n) is 9.85. The highest BCUT2D eigenvalue weighted by Crippen LogP contribution is 2.55. The Kier molecular flexibility index (Phi) is 13.7. The van der Waals surface area contributed by atoms with E-state index in [1.165, 1.54) is 157 Å². The summed E-state index contributed by atoms with van der Waals surface area (Å²) >= 11 is 0. The molecule has 0 aromatic heterocycles. The molecule has 1 aliphatic carbocycles. The van der Waals surface area contributed by atoms with E-state index in [-0.39, 0.29) is 5.41 Å². The van der Waals surface area contributed by atoms with Crippen molar-refractivity contribution in [1.29, 1.82) is 0 Å². The lowest BCUT2D eigenvalue weighted by Gasteiger charge is -2.34. The average Bonchev–Trinajstić information content (AvgIpc) is 3.58. The van der Waals surface area contributed by atoms with Gasteiger partial charge >= 0.3 is 0 Å². The third-order valence-electron chi connectivity index (χ3n) is 13.1. The molecule has 0 N–H and O–H groups in total. The first kappa shape index (κ1) is 41.1. The van der Waals surface area contributed by atoms with Gasteiger partial charge in [0.1, 0.15) is 0 Å². The summed E-state index contributed by atoms with van der Waals surface area (Å²) in [5.41, 5.74) is 16.9. The van der Waals surface area contributed by atoms with Crippen molar-refractivity contribution in [2.24, 2.45) is 0 Å². The second-order valence-corrected chi connectivity index (χ2v) is 17.1. The fraction of sp³-hybridized carbons (Fsp3) is 0.288. The molecular weight excluding hydrogens is 723 g/mol. The number of hydrogen-bond donors (Lipinski definition) is 0. The first-order valence-corrected chi connectivity index (χ1v) is 23.1. The van der Waals surface area contributed by atoms with Crippen LogP contribution in [0.3, 0.4) is 0 Å².